The quantitative estimate of drug-likeness (QED) is 0.857. The number of hydrogen-bond donors (Lipinski definition) is 2. The molecule has 4 heteroatoms. The highest BCUT2D eigenvalue weighted by molar-refractivity contribution is 6.30. The molecule has 2 aliphatic rings. The van der Waals surface area contributed by atoms with Crippen molar-refractivity contribution in [1.82, 2.24) is 5.32 Å². The van der Waals surface area contributed by atoms with Gasteiger partial charge in [-0.1, -0.05) is 11.6 Å². The lowest BCUT2D eigenvalue weighted by Gasteiger charge is -2.36. The van der Waals surface area contributed by atoms with Gasteiger partial charge in [0.15, 0.2) is 0 Å². The molecular weight excluding hydrogens is 248 g/mol. The molecule has 2 atom stereocenters. The molecule has 2 unspecified atom stereocenters. The molecule has 2 N–H and O–H groups in total. The van der Waals surface area contributed by atoms with E-state index in [0.29, 0.717) is 6.04 Å². The van der Waals surface area contributed by atoms with E-state index in [0.717, 1.165) is 31.0 Å². The fourth-order valence-electron chi connectivity index (χ4n) is 3.15. The number of nitrogens with one attached hydrogen (secondary N) is 1. The predicted octanol–water partition coefficient (Wildman–Crippen LogP) is 1.82. The predicted molar refractivity (Wildman–Crippen MR) is 74.4 cm³/mol. The molecule has 0 aliphatic carbocycles. The molecular formula is C14H19ClN2O. The molecule has 0 saturated carbocycles. The lowest BCUT2D eigenvalue weighted by Crippen LogP contribution is -2.40. The monoisotopic (exact) mass is 266 g/mol. The van der Waals surface area contributed by atoms with Gasteiger partial charge in [-0.3, -0.25) is 0 Å². The molecule has 2 aliphatic heterocycles. The maximum atomic E-state index is 9.22. The van der Waals surface area contributed by atoms with Crippen molar-refractivity contribution < 1.29 is 5.11 Å². The smallest absolute Gasteiger partial charge is 0.0585 e. The van der Waals surface area contributed by atoms with Crippen LogP contribution in [0.25, 0.3) is 0 Å². The third kappa shape index (κ3) is 2.22. The second-order valence-corrected chi connectivity index (χ2v) is 5.68. The van der Waals surface area contributed by atoms with Gasteiger partial charge in [-0.2, -0.15) is 0 Å². The van der Waals surface area contributed by atoms with Crippen molar-refractivity contribution in [2.75, 3.05) is 24.6 Å². The highest BCUT2D eigenvalue weighted by atomic mass is 35.5. The molecule has 0 bridgehead atoms. The van der Waals surface area contributed by atoms with Gasteiger partial charge in [-0.25, -0.2) is 0 Å². The Morgan fingerprint density at radius 3 is 3.11 bits per heavy atom. The number of aryl methyl sites for hydroxylation is 1. The number of rotatable bonds is 2. The number of nitrogens with zero attached hydrogens (tertiary/aromatic N) is 1. The summed E-state index contributed by atoms with van der Waals surface area (Å²) in [5.41, 5.74) is 2.69. The molecule has 1 aromatic carbocycles. The number of aliphatic hydroxyl groups excluding tert-OH is 1. The van der Waals surface area contributed by atoms with Crippen LogP contribution in [0.15, 0.2) is 18.2 Å². The Bertz CT molecular complexity index is 438. The standard InChI is InChI=1S/C14H19ClN2O/c15-11-3-4-14-10(6-11)2-1-5-17(14)13-7-12(9-18)16-8-13/h3-4,6,12-13,16,18H,1-2,5,7-9H2. The van der Waals surface area contributed by atoms with Gasteiger partial charge in [-0.05, 0) is 43.0 Å². The molecule has 3 nitrogen and oxygen atoms in total. The number of fused-ring (bicyclic) bond motifs is 1. The molecule has 0 radical (unpaired) electrons. The van der Waals surface area contributed by atoms with Crippen molar-refractivity contribution in [1.29, 1.82) is 0 Å². The molecule has 0 aromatic heterocycles. The van der Waals surface area contributed by atoms with Crippen molar-refractivity contribution in [3.8, 4) is 0 Å². The van der Waals surface area contributed by atoms with Gasteiger partial charge in [-0.15, -0.1) is 0 Å². The maximum Gasteiger partial charge on any atom is 0.0585 e. The molecule has 0 amide bonds. The van der Waals surface area contributed by atoms with Crippen LogP contribution < -0.4 is 10.2 Å². The normalized spacial score (nSPS) is 27.3. The number of benzene rings is 1. The van der Waals surface area contributed by atoms with Gasteiger partial charge in [0.05, 0.1) is 6.61 Å². The van der Waals surface area contributed by atoms with Crippen LogP contribution >= 0.6 is 11.6 Å². The van der Waals surface area contributed by atoms with Crippen molar-refractivity contribution in [3.05, 3.63) is 28.8 Å². The Labute approximate surface area is 113 Å². The van der Waals surface area contributed by atoms with E-state index >= 15 is 0 Å². The Morgan fingerprint density at radius 1 is 1.44 bits per heavy atom. The number of anilines is 1. The first-order valence-electron chi connectivity index (χ1n) is 6.67. The van der Waals surface area contributed by atoms with Crippen LogP contribution in [0.1, 0.15) is 18.4 Å². The summed E-state index contributed by atoms with van der Waals surface area (Å²) in [5, 5.41) is 13.4. The zero-order chi connectivity index (χ0) is 12.5. The number of aliphatic hydroxyl groups is 1. The van der Waals surface area contributed by atoms with Crippen molar-refractivity contribution in [3.63, 3.8) is 0 Å². The maximum absolute atomic E-state index is 9.22. The summed E-state index contributed by atoms with van der Waals surface area (Å²) < 4.78 is 0. The van der Waals surface area contributed by atoms with E-state index in [2.05, 4.69) is 22.3 Å². The largest absolute Gasteiger partial charge is 0.395 e. The Hall–Kier alpha value is -0.770. The van der Waals surface area contributed by atoms with E-state index in [4.69, 9.17) is 11.6 Å². The van der Waals surface area contributed by atoms with Crippen molar-refractivity contribution in [2.45, 2.75) is 31.3 Å². The highest BCUT2D eigenvalue weighted by Gasteiger charge is 2.30. The molecule has 18 heavy (non-hydrogen) atoms. The topological polar surface area (TPSA) is 35.5 Å². The lowest BCUT2D eigenvalue weighted by atomic mass is 9.99. The second kappa shape index (κ2) is 5.08. The second-order valence-electron chi connectivity index (χ2n) is 5.25. The molecule has 1 saturated heterocycles. The number of halogens is 1. The van der Waals surface area contributed by atoms with Gasteiger partial charge < -0.3 is 15.3 Å². The SMILES string of the molecule is OCC1CC(N2CCCc3cc(Cl)ccc32)CN1. The van der Waals surface area contributed by atoms with Gasteiger partial charge >= 0.3 is 0 Å². The summed E-state index contributed by atoms with van der Waals surface area (Å²) in [7, 11) is 0. The van der Waals surface area contributed by atoms with Crippen LogP contribution in [0.4, 0.5) is 5.69 Å². The van der Waals surface area contributed by atoms with E-state index in [9.17, 15) is 5.11 Å². The van der Waals surface area contributed by atoms with Crippen LogP contribution in [-0.4, -0.2) is 36.9 Å². The third-order valence-corrected chi connectivity index (χ3v) is 4.29. The van der Waals surface area contributed by atoms with E-state index in [1.807, 2.05) is 6.07 Å². The van der Waals surface area contributed by atoms with Crippen LogP contribution in [0.3, 0.4) is 0 Å². The Balaban J connectivity index is 1.83. The molecule has 0 spiro atoms. The average molecular weight is 267 g/mol. The molecule has 3 rings (SSSR count). The fourth-order valence-corrected chi connectivity index (χ4v) is 3.34. The zero-order valence-corrected chi connectivity index (χ0v) is 11.2. The summed E-state index contributed by atoms with van der Waals surface area (Å²) in [6.45, 7) is 2.31. The fraction of sp³-hybridized carbons (Fsp3) is 0.571. The minimum Gasteiger partial charge on any atom is -0.395 e. The Kier molecular flexibility index (Phi) is 3.46. The third-order valence-electron chi connectivity index (χ3n) is 4.06. The number of hydrogen-bond acceptors (Lipinski definition) is 3. The van der Waals surface area contributed by atoms with E-state index in [-0.39, 0.29) is 12.6 Å². The first-order valence-corrected chi connectivity index (χ1v) is 7.05. The van der Waals surface area contributed by atoms with Gasteiger partial charge in [0, 0.05) is 35.9 Å². The summed E-state index contributed by atoms with van der Waals surface area (Å²) in [6, 6.07) is 6.97. The summed E-state index contributed by atoms with van der Waals surface area (Å²) in [5.74, 6) is 0. The highest BCUT2D eigenvalue weighted by Crippen LogP contribution is 2.32. The van der Waals surface area contributed by atoms with Crippen LogP contribution in [0.5, 0.6) is 0 Å². The van der Waals surface area contributed by atoms with E-state index < -0.39 is 0 Å². The summed E-state index contributed by atoms with van der Waals surface area (Å²) >= 11 is 6.07. The zero-order valence-electron chi connectivity index (χ0n) is 10.4. The van der Waals surface area contributed by atoms with Gasteiger partial charge in [0.1, 0.15) is 0 Å². The van der Waals surface area contributed by atoms with E-state index in [1.54, 1.807) is 0 Å². The van der Waals surface area contributed by atoms with Crippen LogP contribution in [-0.2, 0) is 6.42 Å². The van der Waals surface area contributed by atoms with Crippen molar-refractivity contribution >= 4 is 17.3 Å². The first-order chi connectivity index (χ1) is 8.78. The minimum absolute atomic E-state index is 0.234. The van der Waals surface area contributed by atoms with Crippen LogP contribution in [0.2, 0.25) is 5.02 Å². The van der Waals surface area contributed by atoms with Gasteiger partial charge in [0.2, 0.25) is 0 Å². The van der Waals surface area contributed by atoms with Crippen molar-refractivity contribution in [2.24, 2.45) is 0 Å². The van der Waals surface area contributed by atoms with E-state index in [1.165, 1.54) is 17.7 Å². The Morgan fingerprint density at radius 2 is 2.33 bits per heavy atom. The average Bonchev–Trinajstić information content (AvgIpc) is 2.86. The van der Waals surface area contributed by atoms with Gasteiger partial charge in [0.25, 0.3) is 0 Å². The first kappa shape index (κ1) is 12.3. The van der Waals surface area contributed by atoms with Crippen LogP contribution in [0, 0.1) is 0 Å². The lowest BCUT2D eigenvalue weighted by molar-refractivity contribution is 0.254. The molecule has 98 valence electrons. The minimum atomic E-state index is 0.234. The summed E-state index contributed by atoms with van der Waals surface area (Å²) in [4.78, 5) is 2.48. The molecule has 2 heterocycles. The summed E-state index contributed by atoms with van der Waals surface area (Å²) in [6.07, 6.45) is 3.34. The molecule has 1 aromatic rings. The molecule has 1 fully saturated rings.